The number of nitrogens with zero attached hydrogens (tertiary/aromatic N) is 4. The van der Waals surface area contributed by atoms with Crippen molar-refractivity contribution in [3.05, 3.63) is 164 Å². The molecule has 0 N–H and O–H groups in total. The quantitative estimate of drug-likeness (QED) is 0.166. The fraction of sp³-hybridized carbons (Fsp3) is 0. The van der Waals surface area contributed by atoms with Crippen LogP contribution in [0.2, 0.25) is 0 Å². The summed E-state index contributed by atoms with van der Waals surface area (Å²) in [7, 11) is 0. The molecule has 0 saturated heterocycles. The van der Waals surface area contributed by atoms with Crippen molar-refractivity contribution in [3.8, 4) is 39.3 Å². The number of pyridine rings is 2. The molecule has 0 aliphatic rings. The second-order valence-electron chi connectivity index (χ2n) is 12.2. The Labute approximate surface area is 297 Å². The van der Waals surface area contributed by atoms with Crippen LogP contribution < -0.4 is 4.98 Å². The van der Waals surface area contributed by atoms with Crippen molar-refractivity contribution in [3.63, 3.8) is 0 Å². The second-order valence-corrected chi connectivity index (χ2v) is 12.2. The van der Waals surface area contributed by atoms with Crippen LogP contribution in [-0.2, 0) is 21.1 Å². The maximum Gasteiger partial charge on any atom is 2.00 e. The standard InChI is InChI=1S/C44H26N4.Pt/c1-2-12-28(13-3-1)30-25-40(37-19-10-18-35-33-16-6-8-21-39(33)47-43(35)37)46-41(26-30)38-27-31(24-29-14-4-5-15-32(29)38)48-42-22-9-7-17-34(42)36-20-11-23-45-44(36)48;/h1-26H;/q-2;+2. The average Bonchev–Trinajstić information content (AvgIpc) is 3.71. The summed E-state index contributed by atoms with van der Waals surface area (Å²) < 4.78 is 2.22. The largest absolute Gasteiger partial charge is 2.00 e. The first-order valence-electron chi connectivity index (χ1n) is 16.1. The van der Waals surface area contributed by atoms with Gasteiger partial charge >= 0.3 is 21.1 Å². The zero-order chi connectivity index (χ0) is 31.6. The summed E-state index contributed by atoms with van der Waals surface area (Å²) in [5, 5.41) is 6.77. The summed E-state index contributed by atoms with van der Waals surface area (Å²) in [6, 6.07) is 56.8. The van der Waals surface area contributed by atoms with E-state index in [1.165, 1.54) is 0 Å². The summed E-state index contributed by atoms with van der Waals surface area (Å²) in [6.07, 6.45) is 1.86. The Morgan fingerprint density at radius 2 is 1.27 bits per heavy atom. The van der Waals surface area contributed by atoms with E-state index in [4.69, 9.17) is 15.0 Å². The SMILES string of the molecule is [Pt+2].[c-]1c(-n2c3ccccc3c3cccnc32)cc2ccccc2c1-c1cc(-c2ccccc2)cc(-c2cccc3c2[n-]c2ccccc23)n1. The maximum atomic E-state index is 5.42. The monoisotopic (exact) mass is 805 g/mol. The van der Waals surface area contributed by atoms with Crippen molar-refractivity contribution in [1.29, 1.82) is 0 Å². The van der Waals surface area contributed by atoms with E-state index >= 15 is 0 Å². The molecule has 0 amide bonds. The van der Waals surface area contributed by atoms with E-state index in [1.54, 1.807) is 0 Å². The van der Waals surface area contributed by atoms with Crippen molar-refractivity contribution >= 4 is 54.5 Å². The molecule has 10 aromatic rings. The van der Waals surface area contributed by atoms with Gasteiger partial charge < -0.3 is 9.55 Å². The van der Waals surface area contributed by atoms with Gasteiger partial charge in [-0.2, -0.15) is 0 Å². The van der Waals surface area contributed by atoms with Gasteiger partial charge in [0.05, 0.1) is 11.2 Å². The Bertz CT molecular complexity index is 2800. The minimum Gasteiger partial charge on any atom is -0.656 e. The molecule has 0 saturated carbocycles. The van der Waals surface area contributed by atoms with Crippen LogP contribution in [0.15, 0.2) is 158 Å². The van der Waals surface area contributed by atoms with Gasteiger partial charge in [-0.05, 0) is 63.1 Å². The second kappa shape index (κ2) is 11.7. The third kappa shape index (κ3) is 4.71. The van der Waals surface area contributed by atoms with Gasteiger partial charge in [0, 0.05) is 17.0 Å². The predicted molar refractivity (Wildman–Crippen MR) is 197 cm³/mol. The molecule has 6 aromatic carbocycles. The molecule has 0 aliphatic heterocycles. The number of hydrogen-bond acceptors (Lipinski definition) is 2. The molecule has 0 fully saturated rings. The Morgan fingerprint density at radius 3 is 2.16 bits per heavy atom. The van der Waals surface area contributed by atoms with Crippen LogP contribution in [-0.4, -0.2) is 14.5 Å². The van der Waals surface area contributed by atoms with Gasteiger partial charge in [0.15, 0.2) is 0 Å². The molecule has 0 aliphatic carbocycles. The van der Waals surface area contributed by atoms with Gasteiger partial charge in [-0.3, -0.25) is 4.98 Å². The number of aromatic nitrogens is 4. The molecular formula is C44H26N4Pt. The third-order valence-electron chi connectivity index (χ3n) is 9.38. The predicted octanol–water partition coefficient (Wildman–Crippen LogP) is 10.8. The summed E-state index contributed by atoms with van der Waals surface area (Å²) in [5.41, 5.74) is 10.8. The van der Waals surface area contributed by atoms with Crippen LogP contribution in [0.1, 0.15) is 0 Å². The topological polar surface area (TPSA) is 44.8 Å². The molecule has 0 radical (unpaired) electrons. The molecular weight excluding hydrogens is 780 g/mol. The van der Waals surface area contributed by atoms with Gasteiger partial charge in [-0.1, -0.05) is 132 Å². The number of hydrogen-bond donors (Lipinski definition) is 0. The van der Waals surface area contributed by atoms with Crippen molar-refractivity contribution in [2.45, 2.75) is 0 Å². The minimum absolute atomic E-state index is 0. The molecule has 0 unspecified atom stereocenters. The molecule has 5 heteroatoms. The normalized spacial score (nSPS) is 11.5. The molecule has 0 spiro atoms. The van der Waals surface area contributed by atoms with E-state index in [1.807, 2.05) is 18.3 Å². The van der Waals surface area contributed by atoms with E-state index in [0.717, 1.165) is 93.8 Å². The Hall–Kier alpha value is -5.83. The number of benzene rings is 6. The number of rotatable bonds is 4. The van der Waals surface area contributed by atoms with Gasteiger partial charge in [0.1, 0.15) is 5.65 Å². The first kappa shape index (κ1) is 29.3. The van der Waals surface area contributed by atoms with Crippen LogP contribution in [0.25, 0.3) is 93.8 Å². The van der Waals surface area contributed by atoms with Crippen molar-refractivity contribution in [2.24, 2.45) is 0 Å². The van der Waals surface area contributed by atoms with Crippen LogP contribution in [0.4, 0.5) is 0 Å². The molecule has 232 valence electrons. The van der Waals surface area contributed by atoms with Crippen LogP contribution >= 0.6 is 0 Å². The van der Waals surface area contributed by atoms with E-state index in [9.17, 15) is 0 Å². The first-order valence-corrected chi connectivity index (χ1v) is 16.1. The summed E-state index contributed by atoms with van der Waals surface area (Å²) in [6.45, 7) is 0. The van der Waals surface area contributed by atoms with E-state index < -0.39 is 0 Å². The summed E-state index contributed by atoms with van der Waals surface area (Å²) >= 11 is 0. The molecule has 49 heavy (non-hydrogen) atoms. The number of fused-ring (bicyclic) bond motifs is 7. The zero-order valence-corrected chi connectivity index (χ0v) is 28.4. The third-order valence-corrected chi connectivity index (χ3v) is 9.38. The molecule has 10 rings (SSSR count). The fourth-order valence-corrected chi connectivity index (χ4v) is 7.19. The first-order chi connectivity index (χ1) is 23.8. The summed E-state index contributed by atoms with van der Waals surface area (Å²) in [4.78, 5) is 15.4. The van der Waals surface area contributed by atoms with Gasteiger partial charge in [-0.15, -0.1) is 28.7 Å². The van der Waals surface area contributed by atoms with Crippen molar-refractivity contribution in [2.75, 3.05) is 0 Å². The Kier molecular flexibility index (Phi) is 7.00. The summed E-state index contributed by atoms with van der Waals surface area (Å²) in [5.74, 6) is 0. The maximum absolute atomic E-state index is 5.42. The minimum atomic E-state index is 0. The number of para-hydroxylation sites is 3. The Balaban J connectivity index is 0.00000325. The van der Waals surface area contributed by atoms with Gasteiger partial charge in [0.25, 0.3) is 0 Å². The van der Waals surface area contributed by atoms with Crippen molar-refractivity contribution < 1.29 is 21.1 Å². The van der Waals surface area contributed by atoms with Crippen molar-refractivity contribution in [1.82, 2.24) is 19.5 Å². The molecule has 0 atom stereocenters. The van der Waals surface area contributed by atoms with Crippen LogP contribution in [0.5, 0.6) is 0 Å². The molecule has 4 aromatic heterocycles. The van der Waals surface area contributed by atoms with E-state index in [2.05, 4.69) is 150 Å². The smallest absolute Gasteiger partial charge is 0.656 e. The Morgan fingerprint density at radius 1 is 0.551 bits per heavy atom. The van der Waals surface area contributed by atoms with Crippen LogP contribution in [0, 0.1) is 6.07 Å². The fourth-order valence-electron chi connectivity index (χ4n) is 7.19. The zero-order valence-electron chi connectivity index (χ0n) is 26.1. The molecule has 4 heterocycles. The van der Waals surface area contributed by atoms with Gasteiger partial charge in [0.2, 0.25) is 0 Å². The molecule has 0 bridgehead atoms. The van der Waals surface area contributed by atoms with Gasteiger partial charge in [-0.25, -0.2) is 4.98 Å². The average molecular weight is 806 g/mol. The molecule has 4 nitrogen and oxygen atoms in total. The van der Waals surface area contributed by atoms with Crippen LogP contribution in [0.3, 0.4) is 0 Å². The van der Waals surface area contributed by atoms with E-state index in [0.29, 0.717) is 0 Å². The van der Waals surface area contributed by atoms with E-state index in [-0.39, 0.29) is 21.1 Å².